The number of pyridine rings is 1. The molecule has 1 aliphatic rings. The van der Waals surface area contributed by atoms with Gasteiger partial charge in [-0.2, -0.15) is 9.40 Å². The van der Waals surface area contributed by atoms with Crippen LogP contribution >= 0.6 is 0 Å². The molecule has 4 rings (SSSR count). The number of hydrogen-bond acceptors (Lipinski definition) is 6. The van der Waals surface area contributed by atoms with Gasteiger partial charge in [-0.15, -0.1) is 0 Å². The molecule has 1 saturated carbocycles. The van der Waals surface area contributed by atoms with Gasteiger partial charge in [0.1, 0.15) is 5.75 Å². The summed E-state index contributed by atoms with van der Waals surface area (Å²) in [5.74, 6) is 0.396. The van der Waals surface area contributed by atoms with Gasteiger partial charge in [-0.3, -0.25) is 9.48 Å². The van der Waals surface area contributed by atoms with Crippen LogP contribution in [0.3, 0.4) is 0 Å². The van der Waals surface area contributed by atoms with Gasteiger partial charge < -0.3 is 10.1 Å². The predicted molar refractivity (Wildman–Crippen MR) is 135 cm³/mol. The van der Waals surface area contributed by atoms with Gasteiger partial charge >= 0.3 is 0 Å². The first kappa shape index (κ1) is 25.1. The Balaban J connectivity index is 1.79. The number of nitrogens with one attached hydrogen (secondary N) is 1. The Morgan fingerprint density at radius 2 is 1.91 bits per heavy atom. The number of carbonyl (C=O) groups excluding carboxylic acids is 1. The van der Waals surface area contributed by atoms with E-state index in [1.54, 1.807) is 24.6 Å². The number of hydrogen-bond donors (Lipinski definition) is 1. The number of fused-ring (bicyclic) bond motifs is 1. The van der Waals surface area contributed by atoms with Crippen LogP contribution in [0.25, 0.3) is 11.0 Å². The zero-order chi connectivity index (χ0) is 25.5. The molecule has 1 N–H and O–H groups in total. The maximum absolute atomic E-state index is 13.6. The summed E-state index contributed by atoms with van der Waals surface area (Å²) in [5, 5.41) is 8.08. The zero-order valence-electron chi connectivity index (χ0n) is 21.1. The van der Waals surface area contributed by atoms with Gasteiger partial charge in [0.15, 0.2) is 5.65 Å². The molecule has 0 radical (unpaired) electrons. The zero-order valence-corrected chi connectivity index (χ0v) is 21.9. The lowest BCUT2D eigenvalue weighted by atomic mass is 10.1. The second-order valence-corrected chi connectivity index (χ2v) is 11.1. The van der Waals surface area contributed by atoms with Crippen molar-refractivity contribution in [3.63, 3.8) is 0 Å². The lowest BCUT2D eigenvalue weighted by Gasteiger charge is -2.21. The molecule has 9 nitrogen and oxygen atoms in total. The van der Waals surface area contributed by atoms with Gasteiger partial charge in [0.2, 0.25) is 10.0 Å². The fourth-order valence-electron chi connectivity index (χ4n) is 4.26. The van der Waals surface area contributed by atoms with E-state index in [4.69, 9.17) is 9.72 Å². The number of aryl methyl sites for hydroxylation is 2. The van der Waals surface area contributed by atoms with E-state index < -0.39 is 10.0 Å². The van der Waals surface area contributed by atoms with Crippen LogP contribution < -0.4 is 10.1 Å². The Bertz CT molecular complexity index is 1370. The van der Waals surface area contributed by atoms with Crippen molar-refractivity contribution in [1.29, 1.82) is 0 Å². The minimum absolute atomic E-state index is 0.101. The van der Waals surface area contributed by atoms with Crippen molar-refractivity contribution in [1.82, 2.24) is 19.1 Å². The predicted octanol–water partition coefficient (Wildman–Crippen LogP) is 4.22. The maximum Gasteiger partial charge on any atom is 0.256 e. The third-order valence-corrected chi connectivity index (χ3v) is 8.18. The van der Waals surface area contributed by atoms with E-state index in [-0.39, 0.29) is 16.9 Å². The van der Waals surface area contributed by atoms with Crippen molar-refractivity contribution in [2.75, 3.05) is 18.4 Å². The summed E-state index contributed by atoms with van der Waals surface area (Å²) in [6, 6.07) is 6.42. The maximum atomic E-state index is 13.6. The average Bonchev–Trinajstić information content (AvgIpc) is 3.60. The fourth-order valence-corrected chi connectivity index (χ4v) is 5.74. The number of carbonyl (C=O) groups is 1. The molecule has 3 aromatic rings. The Morgan fingerprint density at radius 3 is 2.51 bits per heavy atom. The molecule has 35 heavy (non-hydrogen) atoms. The highest BCUT2D eigenvalue weighted by atomic mass is 32.2. The van der Waals surface area contributed by atoms with Crippen molar-refractivity contribution in [2.45, 2.75) is 64.4 Å². The van der Waals surface area contributed by atoms with E-state index in [2.05, 4.69) is 10.4 Å². The normalized spacial score (nSPS) is 14.2. The first-order valence-electron chi connectivity index (χ1n) is 12.0. The molecule has 2 aromatic heterocycles. The van der Waals surface area contributed by atoms with Crippen LogP contribution in [-0.2, 0) is 17.1 Å². The van der Waals surface area contributed by atoms with Crippen LogP contribution in [0.1, 0.15) is 68.2 Å². The second kappa shape index (κ2) is 9.58. The van der Waals surface area contributed by atoms with E-state index in [1.165, 1.54) is 16.4 Å². The third-order valence-electron chi connectivity index (χ3n) is 6.13. The lowest BCUT2D eigenvalue weighted by molar-refractivity contribution is 0.102. The smallest absolute Gasteiger partial charge is 0.256 e. The van der Waals surface area contributed by atoms with Crippen LogP contribution in [-0.4, -0.2) is 52.6 Å². The highest BCUT2D eigenvalue weighted by Crippen LogP contribution is 2.40. The van der Waals surface area contributed by atoms with E-state index in [0.717, 1.165) is 18.5 Å². The highest BCUT2D eigenvalue weighted by Gasteiger charge is 2.29. The third kappa shape index (κ3) is 4.90. The Labute approximate surface area is 206 Å². The first-order valence-corrected chi connectivity index (χ1v) is 13.5. The quantitative estimate of drug-likeness (QED) is 0.472. The van der Waals surface area contributed by atoms with Crippen molar-refractivity contribution in [3.05, 3.63) is 41.2 Å². The number of sulfonamides is 1. The second-order valence-electron chi connectivity index (χ2n) is 9.14. The molecular formula is C25H33N5O4S. The highest BCUT2D eigenvalue weighted by molar-refractivity contribution is 7.89. The molecular weight excluding hydrogens is 466 g/mol. The number of anilines is 1. The summed E-state index contributed by atoms with van der Waals surface area (Å²) >= 11 is 0. The Hall–Kier alpha value is -2.98. The molecule has 1 fully saturated rings. The summed E-state index contributed by atoms with van der Waals surface area (Å²) in [6.45, 7) is 9.89. The number of aromatic nitrogens is 3. The molecule has 1 aromatic carbocycles. The minimum atomic E-state index is -3.71. The molecule has 188 valence electrons. The molecule has 0 atom stereocenters. The van der Waals surface area contributed by atoms with Gasteiger partial charge in [-0.1, -0.05) is 13.8 Å². The molecule has 0 spiro atoms. The largest absolute Gasteiger partial charge is 0.489 e. The molecule has 1 aliphatic carbocycles. The number of amides is 1. The summed E-state index contributed by atoms with van der Waals surface area (Å²) in [5.41, 5.74) is 3.01. The summed E-state index contributed by atoms with van der Waals surface area (Å²) in [7, 11) is -1.90. The van der Waals surface area contributed by atoms with E-state index in [1.807, 2.05) is 33.9 Å². The van der Waals surface area contributed by atoms with Crippen molar-refractivity contribution in [3.8, 4) is 5.75 Å². The van der Waals surface area contributed by atoms with Crippen molar-refractivity contribution >= 4 is 32.7 Å². The van der Waals surface area contributed by atoms with Crippen LogP contribution in [0.15, 0.2) is 29.2 Å². The number of ether oxygens (including phenoxy) is 1. The monoisotopic (exact) mass is 499 g/mol. The topological polar surface area (TPSA) is 106 Å². The standard InChI is InChI=1S/C25H33N5O4S/c1-7-30(8-2)35(32,33)18-11-12-22(34-15(3)4)21(13-18)27-25(31)19-14-20(17-9-10-17)26-24-23(19)16(5)28-29(24)6/h11-15,17H,7-10H2,1-6H3,(H,27,31). The van der Waals surface area contributed by atoms with E-state index in [9.17, 15) is 13.2 Å². The minimum Gasteiger partial charge on any atom is -0.489 e. The van der Waals surface area contributed by atoms with Gasteiger partial charge in [0.25, 0.3) is 5.91 Å². The van der Waals surface area contributed by atoms with Crippen LogP contribution in [0, 0.1) is 6.92 Å². The molecule has 1 amide bonds. The average molecular weight is 500 g/mol. The number of benzene rings is 1. The molecule has 2 heterocycles. The van der Waals surface area contributed by atoms with Gasteiger partial charge in [0, 0.05) is 31.7 Å². The van der Waals surface area contributed by atoms with Gasteiger partial charge in [-0.05, 0) is 57.9 Å². The first-order chi connectivity index (χ1) is 16.6. The van der Waals surface area contributed by atoms with Crippen molar-refractivity contribution < 1.29 is 17.9 Å². The summed E-state index contributed by atoms with van der Waals surface area (Å²) in [6.07, 6.45) is 1.94. The van der Waals surface area contributed by atoms with Crippen LogP contribution in [0.4, 0.5) is 5.69 Å². The number of rotatable bonds is 9. The van der Waals surface area contributed by atoms with Gasteiger partial charge in [0.05, 0.1) is 33.3 Å². The molecule has 0 aliphatic heterocycles. The van der Waals surface area contributed by atoms with E-state index >= 15 is 0 Å². The van der Waals surface area contributed by atoms with E-state index in [0.29, 0.717) is 52.7 Å². The van der Waals surface area contributed by atoms with Crippen LogP contribution in [0.5, 0.6) is 5.75 Å². The number of nitrogens with zero attached hydrogens (tertiary/aromatic N) is 4. The Morgan fingerprint density at radius 1 is 1.23 bits per heavy atom. The Kier molecular flexibility index (Phi) is 6.88. The lowest BCUT2D eigenvalue weighted by Crippen LogP contribution is -2.30. The fraction of sp³-hybridized carbons (Fsp3) is 0.480. The summed E-state index contributed by atoms with van der Waals surface area (Å²) < 4.78 is 35.2. The SMILES string of the molecule is CCN(CC)S(=O)(=O)c1ccc(OC(C)C)c(NC(=O)c2cc(C3CC3)nc3c2c(C)nn3C)c1. The molecule has 0 unspecified atom stereocenters. The van der Waals surface area contributed by atoms with Gasteiger partial charge in [-0.25, -0.2) is 13.4 Å². The summed E-state index contributed by atoms with van der Waals surface area (Å²) in [4.78, 5) is 18.5. The molecule has 10 heteroatoms. The molecule has 0 bridgehead atoms. The van der Waals surface area contributed by atoms with Crippen molar-refractivity contribution in [2.24, 2.45) is 7.05 Å². The van der Waals surface area contributed by atoms with Crippen LogP contribution in [0.2, 0.25) is 0 Å². The molecule has 0 saturated heterocycles.